The molecule has 0 aromatic rings. The van der Waals surface area contributed by atoms with Crippen LogP contribution in [0.15, 0.2) is 0 Å². The van der Waals surface area contributed by atoms with E-state index in [2.05, 4.69) is 33.0 Å². The van der Waals surface area contributed by atoms with Crippen molar-refractivity contribution in [2.45, 2.75) is 162 Å². The Balaban J connectivity index is 1.49. The van der Waals surface area contributed by atoms with Crippen molar-refractivity contribution >= 4 is 5.91 Å². The van der Waals surface area contributed by atoms with Gasteiger partial charge in [-0.25, -0.2) is 0 Å². The SMILES string of the molecule is CCCCCCCCNC(=O)CC[C@@H](C)[C@H]1CC[C@H]2[C]3[C@H](OCCCN)C[C]4C[C@H](OCCCN)CC[C@]4(C)[C@H]3C[C@H](OCCCN)[C@]12C. The Morgan fingerprint density at radius 2 is 1.51 bits per heavy atom. The van der Waals surface area contributed by atoms with Gasteiger partial charge in [0.05, 0.1) is 18.3 Å². The van der Waals surface area contributed by atoms with E-state index < -0.39 is 0 Å². The van der Waals surface area contributed by atoms with E-state index in [9.17, 15) is 4.79 Å². The highest BCUT2D eigenvalue weighted by atomic mass is 16.5. The number of carbonyl (C=O) groups excluding carboxylic acids is 1. The minimum atomic E-state index is 0.0146. The highest BCUT2D eigenvalue weighted by Gasteiger charge is 2.67. The predicted octanol–water partition coefficient (Wildman–Crippen LogP) is 6.88. The fourth-order valence-electron chi connectivity index (χ4n) is 10.6. The van der Waals surface area contributed by atoms with Crippen LogP contribution in [0.2, 0.25) is 0 Å². The fraction of sp³-hybridized carbons (Fsp3) is 0.927. The Labute approximate surface area is 300 Å². The van der Waals surface area contributed by atoms with Crippen LogP contribution in [-0.4, -0.2) is 70.2 Å². The van der Waals surface area contributed by atoms with Crippen molar-refractivity contribution in [3.63, 3.8) is 0 Å². The molecule has 0 spiro atoms. The lowest BCUT2D eigenvalue weighted by Gasteiger charge is -2.64. The molecule has 8 heteroatoms. The molecule has 0 heterocycles. The molecular formula is C41H76N4O4. The molecule has 7 N–H and O–H groups in total. The van der Waals surface area contributed by atoms with Crippen LogP contribution in [0.1, 0.15) is 143 Å². The Kier molecular flexibility index (Phi) is 17.1. The minimum Gasteiger partial charge on any atom is -0.378 e. The lowest BCUT2D eigenvalue weighted by atomic mass is 9.43. The molecule has 0 aromatic heterocycles. The van der Waals surface area contributed by atoms with Crippen LogP contribution in [0.5, 0.6) is 0 Å². The van der Waals surface area contributed by atoms with Gasteiger partial charge in [0.2, 0.25) is 5.91 Å². The van der Waals surface area contributed by atoms with Gasteiger partial charge in [-0.15, -0.1) is 0 Å². The molecule has 0 aromatic carbocycles. The van der Waals surface area contributed by atoms with Gasteiger partial charge in [0.25, 0.3) is 0 Å². The number of hydrogen-bond acceptors (Lipinski definition) is 7. The second-order valence-corrected chi connectivity index (χ2v) is 16.6. The first kappa shape index (κ1) is 41.0. The molecule has 4 aliphatic carbocycles. The largest absolute Gasteiger partial charge is 0.378 e. The number of hydrogen-bond donors (Lipinski definition) is 4. The Bertz CT molecular complexity index is 954. The molecule has 2 radical (unpaired) electrons. The van der Waals surface area contributed by atoms with E-state index in [1.165, 1.54) is 44.9 Å². The lowest BCUT2D eigenvalue weighted by molar-refractivity contribution is -0.152. The van der Waals surface area contributed by atoms with Crippen molar-refractivity contribution in [2.24, 2.45) is 51.7 Å². The van der Waals surface area contributed by atoms with Crippen molar-refractivity contribution < 1.29 is 19.0 Å². The van der Waals surface area contributed by atoms with Crippen molar-refractivity contribution in [1.82, 2.24) is 5.32 Å². The molecule has 284 valence electrons. The van der Waals surface area contributed by atoms with Gasteiger partial charge in [-0.1, -0.05) is 59.8 Å². The molecule has 1 amide bonds. The molecule has 4 fully saturated rings. The number of amides is 1. The molecule has 0 aliphatic heterocycles. The van der Waals surface area contributed by atoms with Gasteiger partial charge in [-0.3, -0.25) is 4.79 Å². The third-order valence-electron chi connectivity index (χ3n) is 13.5. The summed E-state index contributed by atoms with van der Waals surface area (Å²) in [6, 6.07) is 0. The van der Waals surface area contributed by atoms with Crippen molar-refractivity contribution in [1.29, 1.82) is 0 Å². The summed E-state index contributed by atoms with van der Waals surface area (Å²) in [5, 5.41) is 3.22. The summed E-state index contributed by atoms with van der Waals surface area (Å²) >= 11 is 0. The quantitative estimate of drug-likeness (QED) is 0.0861. The molecule has 9 atom stereocenters. The van der Waals surface area contributed by atoms with E-state index >= 15 is 0 Å². The predicted molar refractivity (Wildman–Crippen MR) is 201 cm³/mol. The van der Waals surface area contributed by atoms with E-state index in [0.717, 1.165) is 77.4 Å². The van der Waals surface area contributed by atoms with Gasteiger partial charge in [0.15, 0.2) is 0 Å². The van der Waals surface area contributed by atoms with Gasteiger partial charge in [-0.2, -0.15) is 0 Å². The summed E-state index contributed by atoms with van der Waals surface area (Å²) in [6.07, 6.45) is 20.0. The van der Waals surface area contributed by atoms with Gasteiger partial charge in [-0.05, 0) is 132 Å². The second-order valence-electron chi connectivity index (χ2n) is 16.6. The zero-order valence-corrected chi connectivity index (χ0v) is 32.1. The summed E-state index contributed by atoms with van der Waals surface area (Å²) in [6.45, 7) is 14.7. The third-order valence-corrected chi connectivity index (χ3v) is 13.5. The number of ether oxygens (including phenoxy) is 3. The summed E-state index contributed by atoms with van der Waals surface area (Å²) < 4.78 is 20.2. The van der Waals surface area contributed by atoms with Crippen molar-refractivity contribution in [3.8, 4) is 0 Å². The Hall–Kier alpha value is -0.770. The Morgan fingerprint density at radius 3 is 2.22 bits per heavy atom. The fourth-order valence-corrected chi connectivity index (χ4v) is 10.6. The second kappa shape index (κ2) is 20.5. The van der Waals surface area contributed by atoms with Gasteiger partial charge >= 0.3 is 0 Å². The van der Waals surface area contributed by atoms with E-state index in [-0.39, 0.29) is 35.0 Å². The Morgan fingerprint density at radius 1 is 0.837 bits per heavy atom. The summed E-state index contributed by atoms with van der Waals surface area (Å²) in [5.74, 6) is 5.41. The molecule has 0 saturated heterocycles. The zero-order valence-electron chi connectivity index (χ0n) is 32.1. The van der Waals surface area contributed by atoms with Gasteiger partial charge in [0, 0.05) is 44.1 Å². The maximum atomic E-state index is 12.9. The number of carbonyl (C=O) groups is 1. The van der Waals surface area contributed by atoms with E-state index in [1.807, 2.05) is 0 Å². The highest BCUT2D eigenvalue weighted by molar-refractivity contribution is 5.75. The van der Waals surface area contributed by atoms with E-state index in [1.54, 1.807) is 11.8 Å². The summed E-state index contributed by atoms with van der Waals surface area (Å²) in [7, 11) is 0. The average Bonchev–Trinajstić information content (AvgIpc) is 3.45. The first-order valence-corrected chi connectivity index (χ1v) is 20.7. The third kappa shape index (κ3) is 10.2. The molecule has 0 bridgehead atoms. The summed E-state index contributed by atoms with van der Waals surface area (Å²) in [5.41, 5.74) is 17.9. The minimum absolute atomic E-state index is 0.0146. The van der Waals surface area contributed by atoms with Crippen LogP contribution in [0.4, 0.5) is 0 Å². The number of nitrogens with one attached hydrogen (secondary N) is 1. The van der Waals surface area contributed by atoms with Crippen LogP contribution in [-0.2, 0) is 19.0 Å². The normalized spacial score (nSPS) is 33.9. The van der Waals surface area contributed by atoms with Crippen LogP contribution in [0.25, 0.3) is 0 Å². The van der Waals surface area contributed by atoms with Gasteiger partial charge in [0.1, 0.15) is 0 Å². The lowest BCUT2D eigenvalue weighted by Crippen LogP contribution is -2.62. The van der Waals surface area contributed by atoms with Crippen molar-refractivity contribution in [3.05, 3.63) is 11.8 Å². The standard InChI is InChI=1S/C41H76N4O4/c1-5-6-7-8-9-10-23-45-38(46)17-14-30(2)33-15-16-34-39-35(29-37(41(33,34)4)49-26-13-22-44)40(3)19-18-32(47-24-11-20-42)27-31(40)28-36(39)48-25-12-21-43/h30,32-37H,5-29,42-44H2,1-4H3,(H,45,46)/t30-,32-,33-,34+,35+,36-,37+,40+,41-/m1/s1. The van der Waals surface area contributed by atoms with Gasteiger partial charge < -0.3 is 36.7 Å². The molecular weight excluding hydrogens is 612 g/mol. The molecule has 4 aliphatic rings. The molecule has 4 rings (SSSR count). The number of unbranched alkanes of at least 4 members (excludes halogenated alkanes) is 5. The molecule has 49 heavy (non-hydrogen) atoms. The average molecular weight is 689 g/mol. The summed E-state index contributed by atoms with van der Waals surface area (Å²) in [4.78, 5) is 12.9. The van der Waals surface area contributed by atoms with Crippen LogP contribution >= 0.6 is 0 Å². The van der Waals surface area contributed by atoms with E-state index in [0.29, 0.717) is 62.9 Å². The van der Waals surface area contributed by atoms with Crippen LogP contribution in [0, 0.1) is 46.3 Å². The maximum Gasteiger partial charge on any atom is 0.220 e. The maximum absolute atomic E-state index is 12.9. The van der Waals surface area contributed by atoms with Crippen molar-refractivity contribution in [2.75, 3.05) is 46.0 Å². The monoisotopic (exact) mass is 689 g/mol. The number of nitrogens with two attached hydrogens (primary N) is 3. The van der Waals surface area contributed by atoms with E-state index in [4.69, 9.17) is 31.4 Å². The zero-order chi connectivity index (χ0) is 35.3. The number of fused-ring (bicyclic) bond motifs is 5. The number of rotatable bonds is 23. The molecule has 4 saturated carbocycles. The van der Waals surface area contributed by atoms with Crippen LogP contribution in [0.3, 0.4) is 0 Å². The topological polar surface area (TPSA) is 135 Å². The molecule has 0 unspecified atom stereocenters. The van der Waals surface area contributed by atoms with Crippen LogP contribution < -0.4 is 22.5 Å². The first-order valence-electron chi connectivity index (χ1n) is 20.7. The smallest absolute Gasteiger partial charge is 0.220 e. The highest BCUT2D eigenvalue weighted by Crippen LogP contribution is 2.70. The first-order chi connectivity index (χ1) is 23.7. The molecule has 8 nitrogen and oxygen atoms in total.